The molecule has 2 N–H and O–H groups in total. The first-order valence-electron chi connectivity index (χ1n) is 10.2. The maximum Gasteiger partial charge on any atom is 0.313 e. The second kappa shape index (κ2) is 9.42. The highest BCUT2D eigenvalue weighted by atomic mass is 32.2. The zero-order valence-electron chi connectivity index (χ0n) is 17.3. The van der Waals surface area contributed by atoms with Gasteiger partial charge in [-0.3, -0.25) is 14.4 Å². The number of hydrogen-bond donors (Lipinski definition) is 2. The second-order valence-corrected chi connectivity index (χ2v) is 9.76. The number of thioether (sulfide) groups is 1. The van der Waals surface area contributed by atoms with Gasteiger partial charge in [0.05, 0.1) is 10.5 Å². The molecule has 2 aliphatic heterocycles. The summed E-state index contributed by atoms with van der Waals surface area (Å²) in [4.78, 5) is 40.0. The minimum atomic E-state index is -0.709. The van der Waals surface area contributed by atoms with Crippen LogP contribution in [0.5, 0.6) is 0 Å². The summed E-state index contributed by atoms with van der Waals surface area (Å²) < 4.78 is 5.57. The fourth-order valence-electron chi connectivity index (χ4n) is 3.89. The van der Waals surface area contributed by atoms with Gasteiger partial charge >= 0.3 is 11.8 Å². The van der Waals surface area contributed by atoms with Gasteiger partial charge in [-0.15, -0.1) is 11.3 Å². The highest BCUT2D eigenvalue weighted by molar-refractivity contribution is 7.99. The van der Waals surface area contributed by atoms with Crippen LogP contribution in [0, 0.1) is 0 Å². The zero-order valence-corrected chi connectivity index (χ0v) is 18.9. The molecule has 31 heavy (non-hydrogen) atoms. The molecule has 0 bridgehead atoms. The molecule has 0 saturated carbocycles. The molecule has 0 aliphatic carbocycles. The lowest BCUT2D eigenvalue weighted by molar-refractivity contribution is -0.136. The van der Waals surface area contributed by atoms with Crippen molar-refractivity contribution in [2.24, 2.45) is 0 Å². The van der Waals surface area contributed by atoms with E-state index in [-0.39, 0.29) is 5.91 Å². The number of anilines is 2. The van der Waals surface area contributed by atoms with Gasteiger partial charge in [0.2, 0.25) is 0 Å². The maximum absolute atomic E-state index is 12.8. The lowest BCUT2D eigenvalue weighted by atomic mass is 10.0. The number of amides is 3. The fraction of sp³-hybridized carbons (Fsp3) is 0.409. The van der Waals surface area contributed by atoms with Gasteiger partial charge in [-0.2, -0.15) is 11.8 Å². The largest absolute Gasteiger partial charge is 0.376 e. The Labute approximate surface area is 189 Å². The Morgan fingerprint density at radius 2 is 2.10 bits per heavy atom. The summed E-state index contributed by atoms with van der Waals surface area (Å²) >= 11 is 3.20. The van der Waals surface area contributed by atoms with E-state index >= 15 is 0 Å². The molecule has 2 aromatic rings. The molecule has 1 aromatic heterocycles. The van der Waals surface area contributed by atoms with Crippen LogP contribution < -0.4 is 15.5 Å². The Bertz CT molecular complexity index is 971. The van der Waals surface area contributed by atoms with E-state index in [0.717, 1.165) is 42.0 Å². The number of carbonyl (C=O) groups is 3. The quantitative estimate of drug-likeness (QED) is 0.672. The molecule has 7 nitrogen and oxygen atoms in total. The van der Waals surface area contributed by atoms with E-state index < -0.39 is 17.4 Å². The summed E-state index contributed by atoms with van der Waals surface area (Å²) in [5.74, 6) is 0.387. The van der Waals surface area contributed by atoms with Gasteiger partial charge in [0.1, 0.15) is 0 Å². The van der Waals surface area contributed by atoms with Gasteiger partial charge in [0.15, 0.2) is 0 Å². The normalized spacial score (nSPS) is 20.2. The highest BCUT2D eigenvalue weighted by Gasteiger charge is 2.35. The fourth-order valence-corrected chi connectivity index (χ4v) is 5.96. The first-order chi connectivity index (χ1) is 15.0. The molecular formula is C22H25N3O4S2. The van der Waals surface area contributed by atoms with Crippen LogP contribution >= 0.6 is 23.1 Å². The monoisotopic (exact) mass is 459 g/mol. The van der Waals surface area contributed by atoms with E-state index in [4.69, 9.17) is 4.74 Å². The second-order valence-electron chi connectivity index (χ2n) is 7.71. The average molecular weight is 460 g/mol. The molecule has 4 rings (SSSR count). The van der Waals surface area contributed by atoms with Crippen molar-refractivity contribution in [1.82, 2.24) is 5.32 Å². The summed E-state index contributed by atoms with van der Waals surface area (Å²) in [6.07, 6.45) is 2.51. The topological polar surface area (TPSA) is 87.7 Å². The molecule has 9 heteroatoms. The molecule has 0 unspecified atom stereocenters. The Kier molecular flexibility index (Phi) is 6.64. The summed E-state index contributed by atoms with van der Waals surface area (Å²) in [6, 6.07) is 9.11. The van der Waals surface area contributed by atoms with Crippen LogP contribution in [-0.4, -0.2) is 55.0 Å². The number of nitrogens with one attached hydrogen (secondary N) is 2. The summed E-state index contributed by atoms with van der Waals surface area (Å²) in [5.41, 5.74) is 1.98. The SMILES string of the molecule is CO[C@@]1(CNC(=O)C(=O)Nc2ccc3c(c2)CCCN3C(=O)c2cccs2)CCSC1. The third-order valence-electron chi connectivity index (χ3n) is 5.71. The molecule has 1 saturated heterocycles. The predicted octanol–water partition coefficient (Wildman–Crippen LogP) is 2.92. The summed E-state index contributed by atoms with van der Waals surface area (Å²) in [7, 11) is 1.64. The number of aryl methyl sites for hydroxylation is 1. The van der Waals surface area contributed by atoms with Crippen LogP contribution in [0.15, 0.2) is 35.7 Å². The molecule has 3 amide bonds. The minimum Gasteiger partial charge on any atom is -0.376 e. The predicted molar refractivity (Wildman–Crippen MR) is 124 cm³/mol. The van der Waals surface area contributed by atoms with E-state index in [1.54, 1.807) is 29.8 Å². The number of thiophene rings is 1. The third kappa shape index (κ3) is 4.78. The van der Waals surface area contributed by atoms with Gasteiger partial charge in [0, 0.05) is 37.3 Å². The van der Waals surface area contributed by atoms with E-state index in [0.29, 0.717) is 23.7 Å². The van der Waals surface area contributed by atoms with Gasteiger partial charge in [-0.1, -0.05) is 6.07 Å². The number of carbonyl (C=O) groups excluding carboxylic acids is 3. The molecule has 2 aliphatic rings. The van der Waals surface area contributed by atoms with Gasteiger partial charge in [-0.25, -0.2) is 0 Å². The van der Waals surface area contributed by atoms with Crippen LogP contribution in [0.1, 0.15) is 28.1 Å². The van der Waals surface area contributed by atoms with Crippen LogP contribution in [0.2, 0.25) is 0 Å². The van der Waals surface area contributed by atoms with Crippen molar-refractivity contribution in [1.29, 1.82) is 0 Å². The first-order valence-corrected chi connectivity index (χ1v) is 12.3. The van der Waals surface area contributed by atoms with E-state index in [2.05, 4.69) is 10.6 Å². The minimum absolute atomic E-state index is 0.00994. The van der Waals surface area contributed by atoms with Crippen molar-refractivity contribution in [3.63, 3.8) is 0 Å². The van der Waals surface area contributed by atoms with Crippen molar-refractivity contribution in [3.8, 4) is 0 Å². The Morgan fingerprint density at radius 3 is 2.81 bits per heavy atom. The number of rotatable bonds is 5. The first kappa shape index (κ1) is 21.9. The molecular weight excluding hydrogens is 434 g/mol. The van der Waals surface area contributed by atoms with Gasteiger partial charge in [-0.05, 0) is 60.2 Å². The Hall–Kier alpha value is -2.36. The molecule has 1 fully saturated rings. The number of fused-ring (bicyclic) bond motifs is 1. The van der Waals surface area contributed by atoms with Crippen molar-refractivity contribution in [3.05, 3.63) is 46.2 Å². The number of hydrogen-bond acceptors (Lipinski definition) is 6. The number of ether oxygens (including phenoxy) is 1. The lowest BCUT2D eigenvalue weighted by Crippen LogP contribution is -2.47. The highest BCUT2D eigenvalue weighted by Crippen LogP contribution is 2.32. The Morgan fingerprint density at radius 1 is 1.23 bits per heavy atom. The molecule has 0 radical (unpaired) electrons. The molecule has 3 heterocycles. The molecule has 1 aromatic carbocycles. The standard InChI is InChI=1S/C22H25N3O4S2/c1-29-22(8-11-30-14-22)13-23-19(26)20(27)24-16-6-7-17-15(12-16)4-2-9-25(17)21(28)18-5-3-10-31-18/h3,5-7,10,12H,2,4,8-9,11,13-14H2,1H3,(H,23,26)(H,24,27)/t22-/m1/s1. The number of nitrogens with zero attached hydrogens (tertiary/aromatic N) is 1. The van der Waals surface area contributed by atoms with Crippen molar-refractivity contribution in [2.75, 3.05) is 41.9 Å². The van der Waals surface area contributed by atoms with Crippen LogP contribution in [0.3, 0.4) is 0 Å². The number of benzene rings is 1. The van der Waals surface area contributed by atoms with E-state index in [9.17, 15) is 14.4 Å². The van der Waals surface area contributed by atoms with Gasteiger partial charge < -0.3 is 20.3 Å². The third-order valence-corrected chi connectivity index (χ3v) is 7.79. The zero-order chi connectivity index (χ0) is 21.8. The smallest absolute Gasteiger partial charge is 0.313 e. The molecule has 164 valence electrons. The van der Waals surface area contributed by atoms with E-state index in [1.165, 1.54) is 11.3 Å². The number of methoxy groups -OCH3 is 1. The van der Waals surface area contributed by atoms with Crippen molar-refractivity contribution >= 4 is 52.2 Å². The van der Waals surface area contributed by atoms with Crippen LogP contribution in [0.4, 0.5) is 11.4 Å². The van der Waals surface area contributed by atoms with Crippen molar-refractivity contribution < 1.29 is 19.1 Å². The van der Waals surface area contributed by atoms with Crippen LogP contribution in [0.25, 0.3) is 0 Å². The molecule has 1 atom stereocenters. The lowest BCUT2D eigenvalue weighted by Gasteiger charge is -2.29. The maximum atomic E-state index is 12.8. The van der Waals surface area contributed by atoms with Crippen LogP contribution in [-0.2, 0) is 20.7 Å². The van der Waals surface area contributed by atoms with Gasteiger partial charge in [0.25, 0.3) is 5.91 Å². The van der Waals surface area contributed by atoms with E-state index in [1.807, 2.05) is 29.6 Å². The average Bonchev–Trinajstić information content (AvgIpc) is 3.49. The Balaban J connectivity index is 1.40. The molecule has 0 spiro atoms. The van der Waals surface area contributed by atoms with Crippen molar-refractivity contribution in [2.45, 2.75) is 24.9 Å². The summed E-state index contributed by atoms with van der Waals surface area (Å²) in [5, 5.41) is 7.26. The summed E-state index contributed by atoms with van der Waals surface area (Å²) in [6.45, 7) is 0.976.